The van der Waals surface area contributed by atoms with Crippen LogP contribution in [0.2, 0.25) is 0 Å². The molecule has 10 atom stereocenters. The summed E-state index contributed by atoms with van der Waals surface area (Å²) in [6.07, 6.45) is 5.10. The highest BCUT2D eigenvalue weighted by Crippen LogP contribution is 2.66. The van der Waals surface area contributed by atoms with E-state index in [4.69, 9.17) is 4.74 Å². The van der Waals surface area contributed by atoms with Gasteiger partial charge in [-0.05, 0) is 87.9 Å². The monoisotopic (exact) mass is 504 g/mol. The van der Waals surface area contributed by atoms with E-state index in [0.717, 1.165) is 57.3 Å². The molecule has 7 nitrogen and oxygen atoms in total. The number of ketones is 1. The van der Waals surface area contributed by atoms with Crippen LogP contribution in [0.3, 0.4) is 0 Å². The van der Waals surface area contributed by atoms with Crippen LogP contribution in [0.15, 0.2) is 4.99 Å². The van der Waals surface area contributed by atoms with Gasteiger partial charge >= 0.3 is 0 Å². The average Bonchev–Trinajstić information content (AvgIpc) is 3.14. The molecule has 36 heavy (non-hydrogen) atoms. The normalized spacial score (nSPS) is 48.2. The van der Waals surface area contributed by atoms with Gasteiger partial charge in [-0.2, -0.15) is 0 Å². The maximum Gasteiger partial charge on any atom is 0.168 e. The summed E-state index contributed by atoms with van der Waals surface area (Å²) in [5, 5.41) is 30.5. The first-order valence-electron chi connectivity index (χ1n) is 14.3. The molecule has 5 aliphatic rings. The van der Waals surface area contributed by atoms with Crippen LogP contribution in [0, 0.1) is 40.4 Å². The lowest BCUT2D eigenvalue weighted by Crippen LogP contribution is -2.64. The highest BCUT2D eigenvalue weighted by atomic mass is 16.5. The maximum atomic E-state index is 14.1. The third kappa shape index (κ3) is 4.31. The van der Waals surface area contributed by atoms with Crippen LogP contribution in [-0.4, -0.2) is 82.0 Å². The highest BCUT2D eigenvalue weighted by molar-refractivity contribution is 5.89. The van der Waals surface area contributed by atoms with Crippen molar-refractivity contribution in [2.75, 3.05) is 26.3 Å². The van der Waals surface area contributed by atoms with Crippen LogP contribution in [0.5, 0.6) is 0 Å². The van der Waals surface area contributed by atoms with Gasteiger partial charge in [-0.1, -0.05) is 13.8 Å². The summed E-state index contributed by atoms with van der Waals surface area (Å²) in [6.45, 7) is 12.8. The Hall–Kier alpha value is -0.860. The van der Waals surface area contributed by atoms with E-state index < -0.39 is 6.23 Å². The smallest absolute Gasteiger partial charge is 0.168 e. The summed E-state index contributed by atoms with van der Waals surface area (Å²) in [7, 11) is 0. The van der Waals surface area contributed by atoms with Gasteiger partial charge in [0.15, 0.2) is 6.23 Å². The molecule has 1 aliphatic heterocycles. The number of morpholine rings is 1. The van der Waals surface area contributed by atoms with Crippen LogP contribution in [0.1, 0.15) is 79.6 Å². The molecule has 0 aromatic rings. The second kappa shape index (κ2) is 9.41. The minimum absolute atomic E-state index is 0.0670. The predicted molar refractivity (Wildman–Crippen MR) is 139 cm³/mol. The molecule has 0 radical (unpaired) electrons. The number of ether oxygens (including phenoxy) is 1. The Bertz CT molecular complexity index is 891. The molecule has 3 N–H and O–H groups in total. The molecule has 0 spiro atoms. The van der Waals surface area contributed by atoms with Gasteiger partial charge < -0.3 is 20.1 Å². The van der Waals surface area contributed by atoms with Gasteiger partial charge in [-0.3, -0.25) is 14.7 Å². The van der Waals surface area contributed by atoms with E-state index in [2.05, 4.69) is 37.6 Å². The lowest BCUT2D eigenvalue weighted by molar-refractivity contribution is -0.176. The summed E-state index contributed by atoms with van der Waals surface area (Å²) < 4.78 is 5.96. The Morgan fingerprint density at radius 1 is 1.17 bits per heavy atom. The molecule has 0 aromatic heterocycles. The van der Waals surface area contributed by atoms with Crippen LogP contribution >= 0.6 is 0 Å². The molecule has 1 unspecified atom stereocenters. The summed E-state index contributed by atoms with van der Waals surface area (Å²) in [4.78, 5) is 20.9. The Balaban J connectivity index is 1.41. The van der Waals surface area contributed by atoms with Crippen molar-refractivity contribution < 1.29 is 24.9 Å². The summed E-state index contributed by atoms with van der Waals surface area (Å²) in [6, 6.07) is 0.0833. The molecule has 5 rings (SSSR count). The topological polar surface area (TPSA) is 103 Å². The van der Waals surface area contributed by atoms with E-state index in [-0.39, 0.29) is 47.0 Å². The fourth-order valence-electron chi connectivity index (χ4n) is 9.86. The summed E-state index contributed by atoms with van der Waals surface area (Å²) in [5.74, 6) is 1.91. The Labute approximate surface area is 216 Å². The molecule has 7 heteroatoms. The van der Waals surface area contributed by atoms with E-state index in [1.165, 1.54) is 0 Å². The fourth-order valence-corrected chi connectivity index (χ4v) is 9.86. The molecule has 4 saturated carbocycles. The van der Waals surface area contributed by atoms with Gasteiger partial charge in [0.1, 0.15) is 5.78 Å². The number of aliphatic hydroxyl groups excluding tert-OH is 3. The van der Waals surface area contributed by atoms with Gasteiger partial charge in [-0.15, -0.1) is 0 Å². The zero-order chi connectivity index (χ0) is 26.0. The maximum absolute atomic E-state index is 14.1. The molecular formula is C29H48N2O5. The zero-order valence-corrected chi connectivity index (χ0v) is 22.9. The fraction of sp³-hybridized carbons (Fsp3) is 0.931. The first kappa shape index (κ1) is 26.7. The molecule has 204 valence electrons. The SMILES string of the molecule is CC(=NC(O)CO)[C@H]1CC[C@H]2[C@@H]3CC[C@H]4C[C@H](O)[C@@H](N5CCOC(C)(C)C5)C[C@]4(C)[C@H]3C(=O)C[C@]12C. The van der Waals surface area contributed by atoms with Crippen molar-refractivity contribution >= 4 is 11.5 Å². The number of rotatable bonds is 4. The van der Waals surface area contributed by atoms with Gasteiger partial charge in [0, 0.05) is 43.1 Å². The van der Waals surface area contributed by atoms with Crippen molar-refractivity contribution in [2.45, 2.75) is 104 Å². The second-order valence-corrected chi connectivity index (χ2v) is 13.9. The third-order valence-corrected chi connectivity index (χ3v) is 11.3. The van der Waals surface area contributed by atoms with Crippen molar-refractivity contribution in [1.29, 1.82) is 0 Å². The van der Waals surface area contributed by atoms with Gasteiger partial charge in [-0.25, -0.2) is 0 Å². The molecule has 5 fully saturated rings. The number of carbonyl (C=O) groups is 1. The molecule has 1 saturated heterocycles. The summed E-state index contributed by atoms with van der Waals surface area (Å²) in [5.41, 5.74) is 0.451. The van der Waals surface area contributed by atoms with E-state index in [1.807, 2.05) is 6.92 Å². The molecule has 0 amide bonds. The molecule has 0 aromatic carbocycles. The predicted octanol–water partition coefficient (Wildman–Crippen LogP) is 3.05. The number of hydrogen-bond acceptors (Lipinski definition) is 7. The quantitative estimate of drug-likeness (QED) is 0.509. The van der Waals surface area contributed by atoms with Crippen molar-refractivity contribution in [3.8, 4) is 0 Å². The minimum atomic E-state index is -1.08. The van der Waals surface area contributed by atoms with Gasteiger partial charge in [0.25, 0.3) is 0 Å². The minimum Gasteiger partial charge on any atom is -0.392 e. The summed E-state index contributed by atoms with van der Waals surface area (Å²) >= 11 is 0. The standard InChI is InChI=1S/C29H48N2O5/c1-17(30-25(35)15-32)20-8-9-21-19-7-6-18-12-23(33)22(31-10-11-36-27(2,3)16-31)13-28(18,4)26(19)24(34)14-29(20,21)5/h18-23,25-26,32-33,35H,6-16H2,1-5H3/t18-,19-,20+,21-,22-,23-,25?,26+,28-,29+/m0/s1. The largest absolute Gasteiger partial charge is 0.392 e. The first-order chi connectivity index (χ1) is 16.9. The van der Waals surface area contributed by atoms with Crippen LogP contribution < -0.4 is 0 Å². The first-order valence-corrected chi connectivity index (χ1v) is 14.3. The number of aliphatic hydroxyl groups is 3. The number of carbonyl (C=O) groups excluding carboxylic acids is 1. The number of aliphatic imine (C=N–C) groups is 1. The van der Waals surface area contributed by atoms with E-state index in [9.17, 15) is 20.1 Å². The lowest BCUT2D eigenvalue weighted by Gasteiger charge is -2.62. The average molecular weight is 505 g/mol. The number of hydrogen-bond donors (Lipinski definition) is 3. The van der Waals surface area contributed by atoms with Crippen molar-refractivity contribution in [2.24, 2.45) is 45.4 Å². The number of Topliss-reactive ketones (excluding diaryl/α,β-unsaturated/α-hetero) is 1. The van der Waals surface area contributed by atoms with E-state index in [0.29, 0.717) is 36.6 Å². The van der Waals surface area contributed by atoms with Crippen LogP contribution in [0.25, 0.3) is 0 Å². The third-order valence-electron chi connectivity index (χ3n) is 11.3. The Morgan fingerprint density at radius 3 is 2.61 bits per heavy atom. The van der Waals surface area contributed by atoms with E-state index >= 15 is 0 Å². The Kier molecular flexibility index (Phi) is 6.98. The molecule has 4 aliphatic carbocycles. The zero-order valence-electron chi connectivity index (χ0n) is 22.9. The second-order valence-electron chi connectivity index (χ2n) is 13.9. The van der Waals surface area contributed by atoms with Gasteiger partial charge in [0.2, 0.25) is 0 Å². The van der Waals surface area contributed by atoms with Crippen LogP contribution in [-0.2, 0) is 9.53 Å². The lowest BCUT2D eigenvalue weighted by atomic mass is 9.43. The molecular weight excluding hydrogens is 456 g/mol. The number of fused-ring (bicyclic) bond motifs is 5. The molecule has 1 heterocycles. The van der Waals surface area contributed by atoms with Crippen molar-refractivity contribution in [1.82, 2.24) is 4.90 Å². The van der Waals surface area contributed by atoms with Crippen LogP contribution in [0.4, 0.5) is 0 Å². The van der Waals surface area contributed by atoms with Crippen molar-refractivity contribution in [3.63, 3.8) is 0 Å². The number of nitrogens with zero attached hydrogens (tertiary/aromatic N) is 2. The Morgan fingerprint density at radius 2 is 1.92 bits per heavy atom. The van der Waals surface area contributed by atoms with Gasteiger partial charge in [0.05, 0.1) is 24.9 Å². The van der Waals surface area contributed by atoms with Crippen molar-refractivity contribution in [3.05, 3.63) is 0 Å². The highest BCUT2D eigenvalue weighted by Gasteiger charge is 2.64. The molecule has 0 bridgehead atoms. The van der Waals surface area contributed by atoms with E-state index in [1.54, 1.807) is 0 Å².